The monoisotopic (exact) mass is 411 g/mol. The van der Waals surface area contributed by atoms with Gasteiger partial charge in [0, 0.05) is 24.6 Å². The second kappa shape index (κ2) is 6.86. The van der Waals surface area contributed by atoms with Crippen LogP contribution in [0.5, 0.6) is 0 Å². The molecule has 0 bridgehead atoms. The van der Waals surface area contributed by atoms with E-state index in [1.807, 2.05) is 24.3 Å². The largest absolute Gasteiger partial charge is 0.368 e. The van der Waals surface area contributed by atoms with Gasteiger partial charge < -0.3 is 10.6 Å². The van der Waals surface area contributed by atoms with Crippen LogP contribution in [0.3, 0.4) is 0 Å². The summed E-state index contributed by atoms with van der Waals surface area (Å²) in [6.45, 7) is 0.198. The van der Waals surface area contributed by atoms with Crippen molar-refractivity contribution in [2.75, 3.05) is 0 Å². The molecule has 9 heteroatoms. The predicted molar refractivity (Wildman–Crippen MR) is 103 cm³/mol. The maximum atomic E-state index is 13.6. The maximum Gasteiger partial charge on any atom is 0.280 e. The number of alkyl halides is 2. The Morgan fingerprint density at radius 1 is 1.17 bits per heavy atom. The number of halogens is 2. The molecule has 2 aromatic heterocycles. The average molecular weight is 411 g/mol. The molecule has 154 valence electrons. The van der Waals surface area contributed by atoms with Gasteiger partial charge >= 0.3 is 0 Å². The average Bonchev–Trinajstić information content (AvgIpc) is 3.50. The van der Waals surface area contributed by atoms with Crippen LogP contribution in [0.1, 0.15) is 58.1 Å². The second-order valence-corrected chi connectivity index (χ2v) is 7.80. The minimum atomic E-state index is -2.75. The molecule has 1 aliphatic heterocycles. The summed E-state index contributed by atoms with van der Waals surface area (Å²) in [5.41, 5.74) is 7.88. The summed E-state index contributed by atoms with van der Waals surface area (Å²) >= 11 is 0. The van der Waals surface area contributed by atoms with Crippen LogP contribution < -0.4 is 5.73 Å². The van der Waals surface area contributed by atoms with Crippen LogP contribution in [0, 0.1) is 0 Å². The molecule has 30 heavy (non-hydrogen) atoms. The second-order valence-electron chi connectivity index (χ2n) is 7.80. The van der Waals surface area contributed by atoms with E-state index < -0.39 is 24.3 Å². The van der Waals surface area contributed by atoms with Gasteiger partial charge in [-0.3, -0.25) is 9.59 Å². The van der Waals surface area contributed by atoms with Crippen molar-refractivity contribution >= 4 is 17.5 Å². The molecule has 1 saturated carbocycles. The van der Waals surface area contributed by atoms with Gasteiger partial charge in [0.2, 0.25) is 5.91 Å². The molecule has 1 fully saturated rings. The van der Waals surface area contributed by atoms with Crippen molar-refractivity contribution in [2.45, 2.75) is 44.2 Å². The number of carbonyl (C=O) groups is 2. The Kier molecular flexibility index (Phi) is 4.27. The summed E-state index contributed by atoms with van der Waals surface area (Å²) in [6, 6.07) is 8.06. The number of carbonyl (C=O) groups excluding carboxylic acids is 2. The SMILES string of the molecule is NC(=O)[C@@H]1Cc2ccccc2CN1C(=O)c1cnn2c(C(F)F)cc(C3CC3)nc12. The van der Waals surface area contributed by atoms with Gasteiger partial charge in [-0.2, -0.15) is 5.10 Å². The molecule has 5 rings (SSSR count). The van der Waals surface area contributed by atoms with Crippen LogP contribution in [0.25, 0.3) is 5.65 Å². The van der Waals surface area contributed by atoms with Crippen LogP contribution in [-0.2, 0) is 17.8 Å². The smallest absolute Gasteiger partial charge is 0.280 e. The number of aromatic nitrogens is 3. The van der Waals surface area contributed by atoms with Crippen molar-refractivity contribution in [2.24, 2.45) is 5.73 Å². The minimum Gasteiger partial charge on any atom is -0.368 e. The van der Waals surface area contributed by atoms with Crippen LogP contribution in [0.2, 0.25) is 0 Å². The van der Waals surface area contributed by atoms with Gasteiger partial charge in [-0.05, 0) is 30.0 Å². The molecule has 1 aliphatic carbocycles. The maximum absolute atomic E-state index is 13.6. The third-order valence-electron chi connectivity index (χ3n) is 5.81. The third-order valence-corrected chi connectivity index (χ3v) is 5.81. The zero-order chi connectivity index (χ0) is 21.0. The first-order valence-electron chi connectivity index (χ1n) is 9.78. The number of fused-ring (bicyclic) bond motifs is 2. The van der Waals surface area contributed by atoms with Crippen molar-refractivity contribution in [3.05, 3.63) is 64.6 Å². The molecule has 3 heterocycles. The van der Waals surface area contributed by atoms with Gasteiger partial charge in [0.25, 0.3) is 12.3 Å². The van der Waals surface area contributed by atoms with E-state index in [1.165, 1.54) is 17.2 Å². The van der Waals surface area contributed by atoms with E-state index in [1.54, 1.807) is 0 Å². The van der Waals surface area contributed by atoms with Gasteiger partial charge in [0.15, 0.2) is 5.65 Å². The van der Waals surface area contributed by atoms with Gasteiger partial charge in [-0.25, -0.2) is 18.3 Å². The van der Waals surface area contributed by atoms with Crippen LogP contribution in [-0.4, -0.2) is 37.4 Å². The summed E-state index contributed by atoms with van der Waals surface area (Å²) in [7, 11) is 0. The topological polar surface area (TPSA) is 93.6 Å². The van der Waals surface area contributed by atoms with Crippen LogP contribution >= 0.6 is 0 Å². The summed E-state index contributed by atoms with van der Waals surface area (Å²) in [6.07, 6.45) is 0.563. The van der Waals surface area contributed by atoms with Gasteiger partial charge in [-0.15, -0.1) is 0 Å². The van der Waals surface area contributed by atoms with E-state index in [0.29, 0.717) is 12.1 Å². The molecule has 0 saturated heterocycles. The number of amides is 2. The summed E-state index contributed by atoms with van der Waals surface area (Å²) in [4.78, 5) is 31.4. The molecular formula is C21H19F2N5O2. The quantitative estimate of drug-likeness (QED) is 0.714. The van der Waals surface area contributed by atoms with E-state index in [-0.39, 0.29) is 29.4 Å². The summed E-state index contributed by atoms with van der Waals surface area (Å²) in [5, 5.41) is 4.00. The van der Waals surface area contributed by atoms with Crippen molar-refractivity contribution in [3.63, 3.8) is 0 Å². The molecule has 0 radical (unpaired) electrons. The normalized spacial score (nSPS) is 18.6. The Morgan fingerprint density at radius 3 is 2.57 bits per heavy atom. The zero-order valence-electron chi connectivity index (χ0n) is 16.0. The summed E-state index contributed by atoms with van der Waals surface area (Å²) in [5.74, 6) is -0.983. The zero-order valence-corrected chi connectivity index (χ0v) is 16.0. The lowest BCUT2D eigenvalue weighted by Gasteiger charge is -2.34. The number of nitrogens with zero attached hydrogens (tertiary/aromatic N) is 4. The number of nitrogens with two attached hydrogens (primary N) is 1. The molecule has 0 unspecified atom stereocenters. The first-order chi connectivity index (χ1) is 14.4. The fraction of sp³-hybridized carbons (Fsp3) is 0.333. The Morgan fingerprint density at radius 2 is 1.90 bits per heavy atom. The molecule has 0 spiro atoms. The first kappa shape index (κ1) is 18.7. The van der Waals surface area contributed by atoms with Gasteiger partial charge in [0.1, 0.15) is 17.3 Å². The van der Waals surface area contributed by atoms with Gasteiger partial charge in [-0.1, -0.05) is 24.3 Å². The Hall–Kier alpha value is -3.36. The van der Waals surface area contributed by atoms with Crippen molar-refractivity contribution < 1.29 is 18.4 Å². The molecule has 2 N–H and O–H groups in total. The molecule has 1 aromatic carbocycles. The number of hydrogen-bond acceptors (Lipinski definition) is 4. The Balaban J connectivity index is 1.59. The fourth-order valence-electron chi connectivity index (χ4n) is 4.05. The molecule has 7 nitrogen and oxygen atoms in total. The Bertz CT molecular complexity index is 1170. The highest BCUT2D eigenvalue weighted by Crippen LogP contribution is 2.40. The fourth-order valence-corrected chi connectivity index (χ4v) is 4.05. The van der Waals surface area contributed by atoms with E-state index in [9.17, 15) is 18.4 Å². The number of benzene rings is 1. The van der Waals surface area contributed by atoms with Crippen molar-refractivity contribution in [1.82, 2.24) is 19.5 Å². The standard InChI is InChI=1S/C21H19F2N5O2/c22-18(23)16-8-15(11-5-6-11)26-20-14(9-25-28(16)20)21(30)27-10-13-4-2-1-3-12(13)7-17(27)19(24)29/h1-4,8-9,11,17-18H,5-7,10H2,(H2,24,29)/t17-/m0/s1. The lowest BCUT2D eigenvalue weighted by atomic mass is 9.93. The lowest BCUT2D eigenvalue weighted by Crippen LogP contribution is -2.51. The first-order valence-corrected chi connectivity index (χ1v) is 9.78. The molecule has 2 aliphatic rings. The molecule has 3 aromatic rings. The van der Waals surface area contributed by atoms with Gasteiger partial charge in [0.05, 0.1) is 6.20 Å². The minimum absolute atomic E-state index is 0.0850. The predicted octanol–water partition coefficient (Wildman–Crippen LogP) is 2.60. The van der Waals surface area contributed by atoms with Crippen LogP contribution in [0.15, 0.2) is 36.5 Å². The van der Waals surface area contributed by atoms with Crippen molar-refractivity contribution in [3.8, 4) is 0 Å². The van der Waals surface area contributed by atoms with Crippen LogP contribution in [0.4, 0.5) is 8.78 Å². The molecule has 1 atom stereocenters. The molecular weight excluding hydrogens is 392 g/mol. The van der Waals surface area contributed by atoms with E-state index >= 15 is 0 Å². The number of primary amides is 1. The third kappa shape index (κ3) is 3.01. The molecule has 2 amide bonds. The lowest BCUT2D eigenvalue weighted by molar-refractivity contribution is -0.122. The van der Waals surface area contributed by atoms with E-state index in [0.717, 1.165) is 28.5 Å². The number of rotatable bonds is 4. The van der Waals surface area contributed by atoms with E-state index in [2.05, 4.69) is 10.1 Å². The highest BCUT2D eigenvalue weighted by molar-refractivity contribution is 6.02. The highest BCUT2D eigenvalue weighted by atomic mass is 19.3. The van der Waals surface area contributed by atoms with Crippen molar-refractivity contribution in [1.29, 1.82) is 0 Å². The van der Waals surface area contributed by atoms with E-state index in [4.69, 9.17) is 5.73 Å². The summed E-state index contributed by atoms with van der Waals surface area (Å²) < 4.78 is 28.2. The highest BCUT2D eigenvalue weighted by Gasteiger charge is 2.36. The number of hydrogen-bond donors (Lipinski definition) is 1. The Labute approximate surface area is 170 Å².